The summed E-state index contributed by atoms with van der Waals surface area (Å²) in [6.07, 6.45) is 6.02. The SMILES string of the molecule is CCCC(C)NC(=O)CN(CC)CC1CCCCN1. The summed E-state index contributed by atoms with van der Waals surface area (Å²) in [6, 6.07) is 0.860. The molecular formula is C15H31N3O. The van der Waals surface area contributed by atoms with E-state index in [9.17, 15) is 4.79 Å². The molecule has 4 heteroatoms. The van der Waals surface area contributed by atoms with Crippen LogP contribution in [0.3, 0.4) is 0 Å². The van der Waals surface area contributed by atoms with Gasteiger partial charge in [0, 0.05) is 18.6 Å². The molecule has 2 atom stereocenters. The first-order valence-corrected chi connectivity index (χ1v) is 7.90. The Kier molecular flexibility index (Phi) is 8.07. The molecule has 1 aliphatic rings. The smallest absolute Gasteiger partial charge is 0.234 e. The Morgan fingerprint density at radius 1 is 1.42 bits per heavy atom. The van der Waals surface area contributed by atoms with Gasteiger partial charge in [-0.05, 0) is 39.3 Å². The quantitative estimate of drug-likeness (QED) is 0.706. The van der Waals surface area contributed by atoms with Crippen molar-refractivity contribution < 1.29 is 4.79 Å². The van der Waals surface area contributed by atoms with E-state index in [4.69, 9.17) is 0 Å². The number of carbonyl (C=O) groups is 1. The molecule has 2 N–H and O–H groups in total. The van der Waals surface area contributed by atoms with E-state index in [2.05, 4.69) is 36.3 Å². The second kappa shape index (κ2) is 9.32. The molecule has 0 bridgehead atoms. The summed E-state index contributed by atoms with van der Waals surface area (Å²) in [5, 5.41) is 6.63. The molecule has 1 saturated heterocycles. The Balaban J connectivity index is 2.28. The maximum Gasteiger partial charge on any atom is 0.234 e. The fraction of sp³-hybridized carbons (Fsp3) is 0.933. The van der Waals surface area contributed by atoms with Gasteiger partial charge in [0.05, 0.1) is 6.54 Å². The molecule has 1 aliphatic heterocycles. The standard InChI is InChI=1S/C15H31N3O/c1-4-8-13(3)17-15(19)12-18(5-2)11-14-9-6-7-10-16-14/h13-14,16H,4-12H2,1-3H3,(H,17,19). The van der Waals surface area contributed by atoms with Crippen molar-refractivity contribution in [3.63, 3.8) is 0 Å². The maximum atomic E-state index is 12.0. The number of hydrogen-bond donors (Lipinski definition) is 2. The average Bonchev–Trinajstić information content (AvgIpc) is 2.39. The lowest BCUT2D eigenvalue weighted by Crippen LogP contribution is -2.47. The van der Waals surface area contributed by atoms with Crippen LogP contribution in [-0.4, -0.2) is 49.1 Å². The first-order valence-electron chi connectivity index (χ1n) is 7.90. The van der Waals surface area contributed by atoms with Crippen LogP contribution in [0.1, 0.15) is 52.9 Å². The highest BCUT2D eigenvalue weighted by Crippen LogP contribution is 2.08. The van der Waals surface area contributed by atoms with Crippen molar-refractivity contribution in [2.24, 2.45) is 0 Å². The Bertz CT molecular complexity index is 252. The van der Waals surface area contributed by atoms with Crippen LogP contribution < -0.4 is 10.6 Å². The topological polar surface area (TPSA) is 44.4 Å². The minimum absolute atomic E-state index is 0.165. The predicted molar refractivity (Wildman–Crippen MR) is 80.3 cm³/mol. The zero-order chi connectivity index (χ0) is 14.1. The Morgan fingerprint density at radius 2 is 2.21 bits per heavy atom. The summed E-state index contributed by atoms with van der Waals surface area (Å²) >= 11 is 0. The fourth-order valence-electron chi connectivity index (χ4n) is 2.73. The number of hydrogen-bond acceptors (Lipinski definition) is 3. The summed E-state index contributed by atoms with van der Waals surface area (Å²) < 4.78 is 0. The van der Waals surface area contributed by atoms with Crippen LogP contribution in [0.25, 0.3) is 0 Å². The summed E-state index contributed by atoms with van der Waals surface area (Å²) in [5.74, 6) is 0.165. The molecule has 1 fully saturated rings. The summed E-state index contributed by atoms with van der Waals surface area (Å²) in [5.41, 5.74) is 0. The number of piperidine rings is 1. The highest BCUT2D eigenvalue weighted by molar-refractivity contribution is 5.78. The number of nitrogens with one attached hydrogen (secondary N) is 2. The van der Waals surface area contributed by atoms with Gasteiger partial charge in [0.2, 0.25) is 5.91 Å². The van der Waals surface area contributed by atoms with Crippen molar-refractivity contribution in [1.29, 1.82) is 0 Å². The number of rotatable bonds is 8. The van der Waals surface area contributed by atoms with Gasteiger partial charge in [-0.1, -0.05) is 26.7 Å². The monoisotopic (exact) mass is 269 g/mol. The summed E-state index contributed by atoms with van der Waals surface area (Å²) in [4.78, 5) is 14.2. The molecule has 0 spiro atoms. The van der Waals surface area contributed by atoms with Gasteiger partial charge in [0.1, 0.15) is 0 Å². The summed E-state index contributed by atoms with van der Waals surface area (Å²) in [6.45, 7) is 9.95. The minimum atomic E-state index is 0.165. The Morgan fingerprint density at radius 3 is 2.79 bits per heavy atom. The van der Waals surface area contributed by atoms with Crippen LogP contribution in [0.4, 0.5) is 0 Å². The second-order valence-electron chi connectivity index (χ2n) is 5.73. The lowest BCUT2D eigenvalue weighted by Gasteiger charge is -2.29. The third-order valence-electron chi connectivity index (χ3n) is 3.83. The van der Waals surface area contributed by atoms with Gasteiger partial charge < -0.3 is 10.6 Å². The van der Waals surface area contributed by atoms with Crippen molar-refractivity contribution in [2.45, 2.75) is 65.0 Å². The number of likely N-dealkylation sites (N-methyl/N-ethyl adjacent to an activating group) is 1. The van der Waals surface area contributed by atoms with Gasteiger partial charge in [-0.2, -0.15) is 0 Å². The second-order valence-corrected chi connectivity index (χ2v) is 5.73. The first kappa shape index (κ1) is 16.4. The first-order chi connectivity index (χ1) is 9.15. The highest BCUT2D eigenvalue weighted by atomic mass is 16.2. The van der Waals surface area contributed by atoms with E-state index in [0.717, 1.165) is 32.5 Å². The fourth-order valence-corrected chi connectivity index (χ4v) is 2.73. The molecule has 0 aromatic carbocycles. The molecule has 1 rings (SSSR count). The Hall–Kier alpha value is -0.610. The summed E-state index contributed by atoms with van der Waals surface area (Å²) in [7, 11) is 0. The van der Waals surface area contributed by atoms with Crippen LogP contribution in [0.2, 0.25) is 0 Å². The van der Waals surface area contributed by atoms with Gasteiger partial charge in [0.15, 0.2) is 0 Å². The van der Waals surface area contributed by atoms with Crippen LogP contribution in [0, 0.1) is 0 Å². The molecule has 0 aromatic heterocycles. The van der Waals surface area contributed by atoms with Crippen molar-refractivity contribution >= 4 is 5.91 Å². The van der Waals surface area contributed by atoms with Gasteiger partial charge in [-0.25, -0.2) is 0 Å². The van der Waals surface area contributed by atoms with Gasteiger partial charge in [0.25, 0.3) is 0 Å². The minimum Gasteiger partial charge on any atom is -0.353 e. The van der Waals surface area contributed by atoms with Crippen molar-refractivity contribution in [3.05, 3.63) is 0 Å². The molecule has 2 unspecified atom stereocenters. The lowest BCUT2D eigenvalue weighted by molar-refractivity contribution is -0.122. The van der Waals surface area contributed by atoms with E-state index in [1.54, 1.807) is 0 Å². The van der Waals surface area contributed by atoms with Crippen molar-refractivity contribution in [2.75, 3.05) is 26.2 Å². The molecule has 19 heavy (non-hydrogen) atoms. The molecule has 0 aliphatic carbocycles. The van der Waals surface area contributed by atoms with Gasteiger partial charge in [-0.3, -0.25) is 9.69 Å². The third-order valence-corrected chi connectivity index (χ3v) is 3.83. The highest BCUT2D eigenvalue weighted by Gasteiger charge is 2.18. The third kappa shape index (κ3) is 6.92. The van der Waals surface area contributed by atoms with Crippen LogP contribution in [-0.2, 0) is 4.79 Å². The number of nitrogens with zero attached hydrogens (tertiary/aromatic N) is 1. The maximum absolute atomic E-state index is 12.0. The van der Waals surface area contributed by atoms with E-state index in [-0.39, 0.29) is 5.91 Å². The molecule has 0 aromatic rings. The normalized spacial score (nSPS) is 21.4. The lowest BCUT2D eigenvalue weighted by atomic mass is 10.0. The molecule has 4 nitrogen and oxygen atoms in total. The molecular weight excluding hydrogens is 238 g/mol. The van der Waals surface area contributed by atoms with Crippen LogP contribution in [0.5, 0.6) is 0 Å². The van der Waals surface area contributed by atoms with Crippen LogP contribution >= 0.6 is 0 Å². The number of amides is 1. The van der Waals surface area contributed by atoms with E-state index in [1.807, 2.05) is 0 Å². The zero-order valence-corrected chi connectivity index (χ0v) is 12.9. The molecule has 112 valence electrons. The molecule has 1 heterocycles. The van der Waals surface area contributed by atoms with E-state index < -0.39 is 0 Å². The van der Waals surface area contributed by atoms with Crippen molar-refractivity contribution in [1.82, 2.24) is 15.5 Å². The van der Waals surface area contributed by atoms with Gasteiger partial charge >= 0.3 is 0 Å². The van der Waals surface area contributed by atoms with E-state index in [1.165, 1.54) is 19.3 Å². The largest absolute Gasteiger partial charge is 0.353 e. The predicted octanol–water partition coefficient (Wildman–Crippen LogP) is 1.76. The number of carbonyl (C=O) groups excluding carboxylic acids is 1. The Labute approximate surface area is 118 Å². The van der Waals surface area contributed by atoms with Crippen molar-refractivity contribution in [3.8, 4) is 0 Å². The van der Waals surface area contributed by atoms with Crippen LogP contribution in [0.15, 0.2) is 0 Å². The zero-order valence-electron chi connectivity index (χ0n) is 12.9. The molecule has 0 saturated carbocycles. The average molecular weight is 269 g/mol. The van der Waals surface area contributed by atoms with E-state index >= 15 is 0 Å². The molecule has 0 radical (unpaired) electrons. The van der Waals surface area contributed by atoms with Gasteiger partial charge in [-0.15, -0.1) is 0 Å². The van der Waals surface area contributed by atoms with E-state index in [0.29, 0.717) is 18.6 Å². The molecule has 1 amide bonds.